The highest BCUT2D eigenvalue weighted by atomic mass is 16.1. The molecule has 0 aromatic heterocycles. The summed E-state index contributed by atoms with van der Waals surface area (Å²) < 4.78 is 0. The SMILES string of the molecule is CCNC(CC(C)C)C(C)=O. The molecule has 0 saturated heterocycles. The second-order valence-electron chi connectivity index (χ2n) is 3.35. The van der Waals surface area contributed by atoms with Crippen LogP contribution in [0, 0.1) is 5.92 Å². The Kier molecular flexibility index (Phi) is 5.12. The Hall–Kier alpha value is -0.370. The van der Waals surface area contributed by atoms with Crippen molar-refractivity contribution in [1.82, 2.24) is 5.32 Å². The van der Waals surface area contributed by atoms with Gasteiger partial charge in [0.2, 0.25) is 0 Å². The summed E-state index contributed by atoms with van der Waals surface area (Å²) in [5.41, 5.74) is 0. The summed E-state index contributed by atoms with van der Waals surface area (Å²) in [6.45, 7) is 8.81. The van der Waals surface area contributed by atoms with Crippen LogP contribution in [0.4, 0.5) is 0 Å². The molecule has 0 radical (unpaired) electrons. The van der Waals surface area contributed by atoms with Gasteiger partial charge in [0.1, 0.15) is 5.78 Å². The molecule has 66 valence electrons. The lowest BCUT2D eigenvalue weighted by molar-refractivity contribution is -0.119. The molecule has 1 N–H and O–H groups in total. The van der Waals surface area contributed by atoms with Crippen molar-refractivity contribution in [3.63, 3.8) is 0 Å². The summed E-state index contributed by atoms with van der Waals surface area (Å²) in [5, 5.41) is 3.16. The first-order valence-electron chi connectivity index (χ1n) is 4.31. The van der Waals surface area contributed by atoms with Gasteiger partial charge in [0.05, 0.1) is 6.04 Å². The molecule has 11 heavy (non-hydrogen) atoms. The first-order chi connectivity index (χ1) is 5.07. The fourth-order valence-corrected chi connectivity index (χ4v) is 1.11. The fraction of sp³-hybridized carbons (Fsp3) is 0.889. The van der Waals surface area contributed by atoms with Crippen molar-refractivity contribution in [1.29, 1.82) is 0 Å². The summed E-state index contributed by atoms with van der Waals surface area (Å²) in [6.07, 6.45) is 0.948. The van der Waals surface area contributed by atoms with Gasteiger partial charge in [0.15, 0.2) is 0 Å². The third kappa shape index (κ3) is 4.96. The summed E-state index contributed by atoms with van der Waals surface area (Å²) in [7, 11) is 0. The van der Waals surface area contributed by atoms with E-state index in [1.807, 2.05) is 6.92 Å². The van der Waals surface area contributed by atoms with Crippen molar-refractivity contribution in [3.05, 3.63) is 0 Å². The van der Waals surface area contributed by atoms with E-state index >= 15 is 0 Å². The molecule has 1 unspecified atom stereocenters. The lowest BCUT2D eigenvalue weighted by Gasteiger charge is -2.16. The second kappa shape index (κ2) is 5.30. The number of ketones is 1. The minimum atomic E-state index is 0.0694. The monoisotopic (exact) mass is 157 g/mol. The van der Waals surface area contributed by atoms with Gasteiger partial charge < -0.3 is 5.32 Å². The maximum absolute atomic E-state index is 11.0. The quantitative estimate of drug-likeness (QED) is 0.656. The average molecular weight is 157 g/mol. The third-order valence-corrected chi connectivity index (χ3v) is 1.65. The molecule has 0 spiro atoms. The molecule has 0 aliphatic heterocycles. The van der Waals surface area contributed by atoms with E-state index in [0.717, 1.165) is 13.0 Å². The summed E-state index contributed by atoms with van der Waals surface area (Å²) in [6, 6.07) is 0.0694. The van der Waals surface area contributed by atoms with Crippen LogP contribution in [0.5, 0.6) is 0 Å². The molecule has 0 saturated carbocycles. The maximum Gasteiger partial charge on any atom is 0.146 e. The van der Waals surface area contributed by atoms with E-state index in [1.165, 1.54) is 0 Å². The number of likely N-dealkylation sites (N-methyl/N-ethyl adjacent to an activating group) is 1. The van der Waals surface area contributed by atoms with Crippen LogP contribution in [0.15, 0.2) is 0 Å². The van der Waals surface area contributed by atoms with E-state index in [9.17, 15) is 4.79 Å². The van der Waals surface area contributed by atoms with Crippen LogP contribution in [0.1, 0.15) is 34.1 Å². The van der Waals surface area contributed by atoms with E-state index in [4.69, 9.17) is 0 Å². The molecule has 0 amide bonds. The highest BCUT2D eigenvalue weighted by molar-refractivity contribution is 5.81. The number of hydrogen-bond donors (Lipinski definition) is 1. The van der Waals surface area contributed by atoms with Crippen LogP contribution in [-0.4, -0.2) is 18.4 Å². The van der Waals surface area contributed by atoms with Crippen molar-refractivity contribution >= 4 is 5.78 Å². The number of carbonyl (C=O) groups excluding carboxylic acids is 1. The molecule has 0 aromatic carbocycles. The Morgan fingerprint density at radius 2 is 2.00 bits per heavy atom. The first kappa shape index (κ1) is 10.6. The molecule has 1 atom stereocenters. The van der Waals surface area contributed by atoms with Gasteiger partial charge >= 0.3 is 0 Å². The zero-order valence-corrected chi connectivity index (χ0v) is 7.98. The van der Waals surface area contributed by atoms with Crippen molar-refractivity contribution < 1.29 is 4.79 Å². The first-order valence-corrected chi connectivity index (χ1v) is 4.31. The Morgan fingerprint density at radius 3 is 2.27 bits per heavy atom. The Labute approximate surface area is 69.4 Å². The molecule has 0 aliphatic rings. The fourth-order valence-electron chi connectivity index (χ4n) is 1.11. The van der Waals surface area contributed by atoms with Crippen LogP contribution in [-0.2, 0) is 4.79 Å². The van der Waals surface area contributed by atoms with Gasteiger partial charge in [-0.15, -0.1) is 0 Å². The standard InChI is InChI=1S/C9H19NO/c1-5-10-9(8(4)11)6-7(2)3/h7,9-10H,5-6H2,1-4H3. The van der Waals surface area contributed by atoms with E-state index < -0.39 is 0 Å². The van der Waals surface area contributed by atoms with E-state index in [1.54, 1.807) is 6.92 Å². The largest absolute Gasteiger partial charge is 0.308 e. The summed E-state index contributed by atoms with van der Waals surface area (Å²) in [5.74, 6) is 0.837. The van der Waals surface area contributed by atoms with Crippen LogP contribution >= 0.6 is 0 Å². The summed E-state index contributed by atoms with van der Waals surface area (Å²) in [4.78, 5) is 11.0. The highest BCUT2D eigenvalue weighted by Gasteiger charge is 2.13. The smallest absolute Gasteiger partial charge is 0.146 e. The van der Waals surface area contributed by atoms with Gasteiger partial charge in [-0.05, 0) is 25.8 Å². The van der Waals surface area contributed by atoms with E-state index in [2.05, 4.69) is 19.2 Å². The Morgan fingerprint density at radius 1 is 1.45 bits per heavy atom. The van der Waals surface area contributed by atoms with Crippen LogP contribution in [0.2, 0.25) is 0 Å². The third-order valence-electron chi connectivity index (χ3n) is 1.65. The van der Waals surface area contributed by atoms with Crippen molar-refractivity contribution in [2.24, 2.45) is 5.92 Å². The number of nitrogens with one attached hydrogen (secondary N) is 1. The molecule has 0 fully saturated rings. The van der Waals surface area contributed by atoms with E-state index in [0.29, 0.717) is 5.92 Å². The summed E-state index contributed by atoms with van der Waals surface area (Å²) >= 11 is 0. The molecular weight excluding hydrogens is 138 g/mol. The predicted octanol–water partition coefficient (Wildman–Crippen LogP) is 1.60. The highest BCUT2D eigenvalue weighted by Crippen LogP contribution is 2.04. The lowest BCUT2D eigenvalue weighted by Crippen LogP contribution is -2.36. The minimum absolute atomic E-state index is 0.0694. The zero-order chi connectivity index (χ0) is 8.85. The molecule has 2 nitrogen and oxygen atoms in total. The zero-order valence-electron chi connectivity index (χ0n) is 7.98. The molecule has 2 heteroatoms. The van der Waals surface area contributed by atoms with Gasteiger partial charge in [-0.3, -0.25) is 4.79 Å². The Bertz CT molecular complexity index is 121. The molecular formula is C9H19NO. The van der Waals surface area contributed by atoms with Gasteiger partial charge in [-0.25, -0.2) is 0 Å². The van der Waals surface area contributed by atoms with Gasteiger partial charge in [0, 0.05) is 0 Å². The maximum atomic E-state index is 11.0. The molecule has 0 aromatic rings. The average Bonchev–Trinajstić information content (AvgIpc) is 1.86. The minimum Gasteiger partial charge on any atom is -0.308 e. The van der Waals surface area contributed by atoms with E-state index in [-0.39, 0.29) is 11.8 Å². The van der Waals surface area contributed by atoms with Gasteiger partial charge in [0.25, 0.3) is 0 Å². The number of hydrogen-bond acceptors (Lipinski definition) is 2. The van der Waals surface area contributed by atoms with Crippen molar-refractivity contribution in [3.8, 4) is 0 Å². The van der Waals surface area contributed by atoms with Crippen LogP contribution in [0.25, 0.3) is 0 Å². The molecule has 0 rings (SSSR count). The molecule has 0 aliphatic carbocycles. The molecule has 0 bridgehead atoms. The molecule has 0 heterocycles. The van der Waals surface area contributed by atoms with Crippen LogP contribution < -0.4 is 5.32 Å². The number of Topliss-reactive ketones (excluding diaryl/α,β-unsaturated/α-hetero) is 1. The lowest BCUT2D eigenvalue weighted by atomic mass is 10.0. The predicted molar refractivity (Wildman–Crippen MR) is 47.6 cm³/mol. The normalized spacial score (nSPS) is 13.5. The topological polar surface area (TPSA) is 29.1 Å². The Balaban J connectivity index is 3.79. The second-order valence-corrected chi connectivity index (χ2v) is 3.35. The van der Waals surface area contributed by atoms with Crippen LogP contribution in [0.3, 0.4) is 0 Å². The van der Waals surface area contributed by atoms with Gasteiger partial charge in [-0.1, -0.05) is 20.8 Å². The van der Waals surface area contributed by atoms with Crippen molar-refractivity contribution in [2.45, 2.75) is 40.2 Å². The number of rotatable bonds is 5. The number of carbonyl (C=O) groups is 1. The van der Waals surface area contributed by atoms with Gasteiger partial charge in [-0.2, -0.15) is 0 Å². The van der Waals surface area contributed by atoms with Crippen molar-refractivity contribution in [2.75, 3.05) is 6.54 Å².